The van der Waals surface area contributed by atoms with Crippen molar-refractivity contribution < 1.29 is 4.74 Å². The Labute approximate surface area is 89.8 Å². The third kappa shape index (κ3) is 2.77. The smallest absolute Gasteiger partial charge is 0.0897 e. The molecule has 1 aliphatic heterocycles. The molecular formula is C10H18N4O. The Bertz CT molecular complexity index is 312. The number of nitrogens with zero attached hydrogens (tertiary/aromatic N) is 3. The first kappa shape index (κ1) is 10.6. The Morgan fingerprint density at radius 1 is 1.67 bits per heavy atom. The number of hydrogen-bond donors (Lipinski definition) is 1. The van der Waals surface area contributed by atoms with Gasteiger partial charge in [0.2, 0.25) is 0 Å². The monoisotopic (exact) mass is 210 g/mol. The van der Waals surface area contributed by atoms with E-state index in [2.05, 4.69) is 17.0 Å². The Morgan fingerprint density at radius 2 is 2.53 bits per heavy atom. The lowest BCUT2D eigenvalue weighted by Crippen LogP contribution is -2.42. The minimum atomic E-state index is 0.245. The van der Waals surface area contributed by atoms with E-state index in [9.17, 15) is 0 Å². The first-order valence-electron chi connectivity index (χ1n) is 5.29. The fourth-order valence-electron chi connectivity index (χ4n) is 1.80. The molecule has 1 saturated heterocycles. The standard InChI is InChI=1S/C10H18N4O/c1-13-2-3-15-10(7-13)8-14-6-9(4-11)5-12-14/h5-6,10H,2-4,7-8,11H2,1H3. The van der Waals surface area contributed by atoms with Gasteiger partial charge in [0, 0.05) is 31.4 Å². The Morgan fingerprint density at radius 3 is 3.20 bits per heavy atom. The molecule has 2 N–H and O–H groups in total. The van der Waals surface area contributed by atoms with Crippen LogP contribution in [-0.4, -0.2) is 47.5 Å². The van der Waals surface area contributed by atoms with Crippen LogP contribution in [0.5, 0.6) is 0 Å². The van der Waals surface area contributed by atoms with Crippen LogP contribution in [-0.2, 0) is 17.8 Å². The highest BCUT2D eigenvalue weighted by Crippen LogP contribution is 2.06. The summed E-state index contributed by atoms with van der Waals surface area (Å²) in [7, 11) is 2.12. The fraction of sp³-hybridized carbons (Fsp3) is 0.700. The van der Waals surface area contributed by atoms with E-state index in [0.717, 1.165) is 31.8 Å². The molecule has 1 aromatic rings. The van der Waals surface area contributed by atoms with Gasteiger partial charge in [0.25, 0.3) is 0 Å². The summed E-state index contributed by atoms with van der Waals surface area (Å²) in [6.07, 6.45) is 4.04. The van der Waals surface area contributed by atoms with E-state index in [4.69, 9.17) is 10.5 Å². The van der Waals surface area contributed by atoms with E-state index in [-0.39, 0.29) is 6.10 Å². The maximum absolute atomic E-state index is 5.66. The second-order valence-corrected chi connectivity index (χ2v) is 4.03. The lowest BCUT2D eigenvalue weighted by atomic mass is 10.3. The molecule has 0 bridgehead atoms. The normalized spacial score (nSPS) is 23.2. The van der Waals surface area contributed by atoms with Crippen molar-refractivity contribution in [2.24, 2.45) is 5.73 Å². The zero-order valence-corrected chi connectivity index (χ0v) is 9.09. The highest BCUT2D eigenvalue weighted by molar-refractivity contribution is 5.02. The van der Waals surface area contributed by atoms with Gasteiger partial charge in [0.05, 0.1) is 25.5 Å². The molecule has 5 heteroatoms. The van der Waals surface area contributed by atoms with Crippen LogP contribution in [0.15, 0.2) is 12.4 Å². The van der Waals surface area contributed by atoms with Crippen LogP contribution in [0.2, 0.25) is 0 Å². The van der Waals surface area contributed by atoms with Crippen molar-refractivity contribution in [1.82, 2.24) is 14.7 Å². The van der Waals surface area contributed by atoms with Gasteiger partial charge in [-0.1, -0.05) is 0 Å². The first-order valence-corrected chi connectivity index (χ1v) is 5.29. The average molecular weight is 210 g/mol. The van der Waals surface area contributed by atoms with Crippen molar-refractivity contribution in [1.29, 1.82) is 0 Å². The van der Waals surface area contributed by atoms with Crippen molar-refractivity contribution in [3.05, 3.63) is 18.0 Å². The van der Waals surface area contributed by atoms with E-state index in [1.54, 1.807) is 0 Å². The number of likely N-dealkylation sites (N-methyl/N-ethyl adjacent to an activating group) is 1. The Balaban J connectivity index is 1.90. The van der Waals surface area contributed by atoms with Gasteiger partial charge in [0.15, 0.2) is 0 Å². The van der Waals surface area contributed by atoms with Crippen molar-refractivity contribution in [3.63, 3.8) is 0 Å². The zero-order chi connectivity index (χ0) is 10.7. The summed E-state index contributed by atoms with van der Waals surface area (Å²) in [5, 5.41) is 4.24. The molecule has 1 atom stereocenters. The van der Waals surface area contributed by atoms with Crippen LogP contribution in [0.3, 0.4) is 0 Å². The van der Waals surface area contributed by atoms with E-state index < -0.39 is 0 Å². The largest absolute Gasteiger partial charge is 0.374 e. The molecule has 2 heterocycles. The molecule has 1 aromatic heterocycles. The average Bonchev–Trinajstić information content (AvgIpc) is 2.65. The zero-order valence-electron chi connectivity index (χ0n) is 9.09. The second-order valence-electron chi connectivity index (χ2n) is 4.03. The fourth-order valence-corrected chi connectivity index (χ4v) is 1.80. The van der Waals surface area contributed by atoms with Crippen LogP contribution >= 0.6 is 0 Å². The van der Waals surface area contributed by atoms with Gasteiger partial charge < -0.3 is 15.4 Å². The summed E-state index contributed by atoms with van der Waals surface area (Å²) in [6.45, 7) is 4.16. The number of nitrogens with two attached hydrogens (primary N) is 1. The summed E-state index contributed by atoms with van der Waals surface area (Å²) in [5.41, 5.74) is 6.59. The van der Waals surface area contributed by atoms with E-state index in [1.165, 1.54) is 0 Å². The van der Waals surface area contributed by atoms with Gasteiger partial charge in [-0.2, -0.15) is 5.10 Å². The Hall–Kier alpha value is -0.910. The maximum Gasteiger partial charge on any atom is 0.0897 e. The molecule has 0 aliphatic carbocycles. The minimum Gasteiger partial charge on any atom is -0.374 e. The summed E-state index contributed by atoms with van der Waals surface area (Å²) in [5.74, 6) is 0. The molecule has 0 spiro atoms. The molecule has 1 unspecified atom stereocenters. The van der Waals surface area contributed by atoms with Crippen molar-refractivity contribution in [2.45, 2.75) is 19.2 Å². The molecular weight excluding hydrogens is 192 g/mol. The van der Waals surface area contributed by atoms with Gasteiger partial charge in [-0.15, -0.1) is 0 Å². The number of hydrogen-bond acceptors (Lipinski definition) is 4. The van der Waals surface area contributed by atoms with Crippen LogP contribution in [0.1, 0.15) is 5.56 Å². The van der Waals surface area contributed by atoms with Crippen molar-refractivity contribution in [3.8, 4) is 0 Å². The van der Waals surface area contributed by atoms with Gasteiger partial charge in [-0.25, -0.2) is 0 Å². The summed E-state index contributed by atoms with van der Waals surface area (Å²) in [6, 6.07) is 0. The van der Waals surface area contributed by atoms with Crippen LogP contribution in [0.4, 0.5) is 0 Å². The van der Waals surface area contributed by atoms with E-state index >= 15 is 0 Å². The number of morpholine rings is 1. The third-order valence-corrected chi connectivity index (χ3v) is 2.65. The molecule has 0 saturated carbocycles. The summed E-state index contributed by atoms with van der Waals surface area (Å²) >= 11 is 0. The van der Waals surface area contributed by atoms with E-state index in [0.29, 0.717) is 6.54 Å². The molecule has 1 fully saturated rings. The highest BCUT2D eigenvalue weighted by atomic mass is 16.5. The summed E-state index contributed by atoms with van der Waals surface area (Å²) in [4.78, 5) is 2.28. The lowest BCUT2D eigenvalue weighted by Gasteiger charge is -2.29. The third-order valence-electron chi connectivity index (χ3n) is 2.65. The second kappa shape index (κ2) is 4.74. The van der Waals surface area contributed by atoms with Crippen molar-refractivity contribution in [2.75, 3.05) is 26.7 Å². The predicted octanol–water partition coefficient (Wildman–Crippen LogP) is -0.328. The van der Waals surface area contributed by atoms with Crippen LogP contribution in [0, 0.1) is 0 Å². The van der Waals surface area contributed by atoms with Gasteiger partial charge in [-0.3, -0.25) is 4.68 Å². The molecule has 15 heavy (non-hydrogen) atoms. The Kier molecular flexibility index (Phi) is 3.35. The SMILES string of the molecule is CN1CCOC(Cn2cc(CN)cn2)C1. The molecule has 5 nitrogen and oxygen atoms in total. The van der Waals surface area contributed by atoms with Crippen LogP contribution in [0.25, 0.3) is 0 Å². The molecule has 84 valence electrons. The molecule has 1 aliphatic rings. The maximum atomic E-state index is 5.66. The van der Waals surface area contributed by atoms with Gasteiger partial charge in [-0.05, 0) is 7.05 Å². The quantitative estimate of drug-likeness (QED) is 0.742. The highest BCUT2D eigenvalue weighted by Gasteiger charge is 2.18. The number of rotatable bonds is 3. The topological polar surface area (TPSA) is 56.3 Å². The number of aromatic nitrogens is 2. The van der Waals surface area contributed by atoms with Gasteiger partial charge >= 0.3 is 0 Å². The molecule has 2 rings (SSSR count). The van der Waals surface area contributed by atoms with E-state index in [1.807, 2.05) is 17.1 Å². The predicted molar refractivity (Wildman–Crippen MR) is 57.4 cm³/mol. The summed E-state index contributed by atoms with van der Waals surface area (Å²) < 4.78 is 7.57. The van der Waals surface area contributed by atoms with Gasteiger partial charge in [0.1, 0.15) is 0 Å². The van der Waals surface area contributed by atoms with Crippen LogP contribution < -0.4 is 5.73 Å². The molecule has 0 amide bonds. The number of ether oxygens (including phenoxy) is 1. The lowest BCUT2D eigenvalue weighted by molar-refractivity contribution is -0.0290. The molecule has 0 aromatic carbocycles. The van der Waals surface area contributed by atoms with Crippen molar-refractivity contribution >= 4 is 0 Å². The first-order chi connectivity index (χ1) is 7.28. The molecule has 0 radical (unpaired) electrons. The minimum absolute atomic E-state index is 0.245.